The number of hydrogen-bond acceptors (Lipinski definition) is 4. The lowest BCUT2D eigenvalue weighted by atomic mass is 10.1. The minimum Gasteiger partial charge on any atom is -0.378 e. The summed E-state index contributed by atoms with van der Waals surface area (Å²) in [5.74, 6) is 1.94. The average Bonchev–Trinajstić information content (AvgIpc) is 3.06. The van der Waals surface area contributed by atoms with E-state index in [-0.39, 0.29) is 0 Å². The van der Waals surface area contributed by atoms with Crippen molar-refractivity contribution in [3.05, 3.63) is 64.9 Å². The van der Waals surface area contributed by atoms with Crippen molar-refractivity contribution >= 4 is 17.3 Å². The van der Waals surface area contributed by atoms with Crippen LogP contribution in [0, 0.1) is 0 Å². The SMILES string of the molecule is CN(C)c1ccc(CN2CCn3c(nnc3-c3ccc(Cl)cc3)C2)cc1. The number of benzene rings is 2. The van der Waals surface area contributed by atoms with Gasteiger partial charge in [-0.15, -0.1) is 10.2 Å². The molecule has 0 bridgehead atoms. The van der Waals surface area contributed by atoms with Gasteiger partial charge in [-0.25, -0.2) is 0 Å². The van der Waals surface area contributed by atoms with Crippen LogP contribution in [-0.4, -0.2) is 40.3 Å². The Morgan fingerprint density at radius 1 is 0.962 bits per heavy atom. The molecule has 26 heavy (non-hydrogen) atoms. The van der Waals surface area contributed by atoms with E-state index < -0.39 is 0 Å². The van der Waals surface area contributed by atoms with Gasteiger partial charge in [-0.2, -0.15) is 0 Å². The standard InChI is InChI=1S/C20H22ClN5/c1-24(2)18-9-3-15(4-10-18)13-25-11-12-26-19(14-25)22-23-20(26)16-5-7-17(21)8-6-16/h3-10H,11-14H2,1-2H3. The second-order valence-electron chi connectivity index (χ2n) is 6.87. The van der Waals surface area contributed by atoms with Crippen LogP contribution in [-0.2, 0) is 19.6 Å². The Balaban J connectivity index is 1.47. The normalized spacial score (nSPS) is 14.3. The molecule has 134 valence electrons. The molecule has 0 radical (unpaired) electrons. The van der Waals surface area contributed by atoms with E-state index in [2.05, 4.69) is 62.9 Å². The highest BCUT2D eigenvalue weighted by Crippen LogP contribution is 2.24. The lowest BCUT2D eigenvalue weighted by Gasteiger charge is -2.28. The maximum atomic E-state index is 5.99. The van der Waals surface area contributed by atoms with Gasteiger partial charge < -0.3 is 9.47 Å². The highest BCUT2D eigenvalue weighted by atomic mass is 35.5. The Morgan fingerprint density at radius 3 is 2.38 bits per heavy atom. The van der Waals surface area contributed by atoms with E-state index in [4.69, 9.17) is 11.6 Å². The molecular weight excluding hydrogens is 346 g/mol. The van der Waals surface area contributed by atoms with E-state index in [0.29, 0.717) is 0 Å². The fourth-order valence-electron chi connectivity index (χ4n) is 3.31. The summed E-state index contributed by atoms with van der Waals surface area (Å²) in [5.41, 5.74) is 3.60. The van der Waals surface area contributed by atoms with Crippen molar-refractivity contribution in [2.45, 2.75) is 19.6 Å². The maximum Gasteiger partial charge on any atom is 0.164 e. The van der Waals surface area contributed by atoms with E-state index >= 15 is 0 Å². The molecule has 0 fully saturated rings. The summed E-state index contributed by atoms with van der Waals surface area (Å²) in [6, 6.07) is 16.5. The van der Waals surface area contributed by atoms with Crippen molar-refractivity contribution in [3.8, 4) is 11.4 Å². The van der Waals surface area contributed by atoms with Crippen LogP contribution >= 0.6 is 11.6 Å². The molecule has 0 saturated heterocycles. The van der Waals surface area contributed by atoms with Crippen LogP contribution in [0.4, 0.5) is 5.69 Å². The topological polar surface area (TPSA) is 37.2 Å². The summed E-state index contributed by atoms with van der Waals surface area (Å²) in [5, 5.41) is 9.56. The second kappa shape index (κ2) is 7.09. The predicted octanol–water partition coefficient (Wildman–Crippen LogP) is 3.68. The molecule has 0 aliphatic carbocycles. The Hall–Kier alpha value is -2.37. The molecule has 0 unspecified atom stereocenters. The summed E-state index contributed by atoms with van der Waals surface area (Å²) in [6.45, 7) is 3.63. The molecule has 2 heterocycles. The van der Waals surface area contributed by atoms with Crippen molar-refractivity contribution in [3.63, 3.8) is 0 Å². The number of halogens is 1. The van der Waals surface area contributed by atoms with Crippen LogP contribution in [0.1, 0.15) is 11.4 Å². The van der Waals surface area contributed by atoms with Crippen LogP contribution in [0.2, 0.25) is 5.02 Å². The number of fused-ring (bicyclic) bond motifs is 1. The molecule has 0 spiro atoms. The maximum absolute atomic E-state index is 5.99. The van der Waals surface area contributed by atoms with E-state index in [9.17, 15) is 0 Å². The number of nitrogens with zero attached hydrogens (tertiary/aromatic N) is 5. The van der Waals surface area contributed by atoms with Crippen LogP contribution in [0.3, 0.4) is 0 Å². The van der Waals surface area contributed by atoms with Crippen molar-refractivity contribution in [2.75, 3.05) is 25.5 Å². The van der Waals surface area contributed by atoms with E-state index in [1.807, 2.05) is 24.3 Å². The molecule has 0 atom stereocenters. The Kier molecular flexibility index (Phi) is 4.66. The number of anilines is 1. The van der Waals surface area contributed by atoms with E-state index in [1.54, 1.807) is 0 Å². The van der Waals surface area contributed by atoms with Gasteiger partial charge in [-0.05, 0) is 42.0 Å². The molecule has 1 aromatic heterocycles. The monoisotopic (exact) mass is 367 g/mol. The first-order valence-electron chi connectivity index (χ1n) is 8.77. The fraction of sp³-hybridized carbons (Fsp3) is 0.300. The zero-order valence-electron chi connectivity index (χ0n) is 15.1. The minimum atomic E-state index is 0.735. The van der Waals surface area contributed by atoms with Crippen molar-refractivity contribution in [1.29, 1.82) is 0 Å². The van der Waals surface area contributed by atoms with Crippen LogP contribution < -0.4 is 4.90 Å². The summed E-state index contributed by atoms with van der Waals surface area (Å²) in [4.78, 5) is 4.53. The number of hydrogen-bond donors (Lipinski definition) is 0. The van der Waals surface area contributed by atoms with Gasteiger partial charge in [-0.3, -0.25) is 4.90 Å². The largest absolute Gasteiger partial charge is 0.378 e. The molecular formula is C20H22ClN5. The molecule has 5 nitrogen and oxygen atoms in total. The first-order chi connectivity index (χ1) is 12.6. The zero-order chi connectivity index (χ0) is 18.1. The average molecular weight is 368 g/mol. The Morgan fingerprint density at radius 2 is 1.69 bits per heavy atom. The minimum absolute atomic E-state index is 0.735. The highest BCUT2D eigenvalue weighted by molar-refractivity contribution is 6.30. The summed E-state index contributed by atoms with van der Waals surface area (Å²) < 4.78 is 2.22. The van der Waals surface area contributed by atoms with E-state index in [1.165, 1.54) is 11.3 Å². The van der Waals surface area contributed by atoms with Crippen LogP contribution in [0.5, 0.6) is 0 Å². The number of aromatic nitrogens is 3. The third-order valence-electron chi connectivity index (χ3n) is 4.79. The third-order valence-corrected chi connectivity index (χ3v) is 5.05. The van der Waals surface area contributed by atoms with Gasteiger partial charge in [0.15, 0.2) is 5.82 Å². The highest BCUT2D eigenvalue weighted by Gasteiger charge is 2.21. The summed E-state index contributed by atoms with van der Waals surface area (Å²) in [7, 11) is 4.12. The first-order valence-corrected chi connectivity index (χ1v) is 9.14. The Bertz CT molecular complexity index is 884. The third kappa shape index (κ3) is 3.45. The molecule has 0 saturated carbocycles. The van der Waals surface area contributed by atoms with Crippen molar-refractivity contribution in [1.82, 2.24) is 19.7 Å². The quantitative estimate of drug-likeness (QED) is 0.705. The summed E-state index contributed by atoms with van der Waals surface area (Å²) in [6.07, 6.45) is 0. The molecule has 3 aromatic rings. The molecule has 1 aliphatic heterocycles. The van der Waals surface area contributed by atoms with Gasteiger partial charge in [0, 0.05) is 50.0 Å². The molecule has 1 aliphatic rings. The first kappa shape index (κ1) is 17.1. The fourth-order valence-corrected chi connectivity index (χ4v) is 3.44. The molecule has 4 rings (SSSR count). The second-order valence-corrected chi connectivity index (χ2v) is 7.31. The Labute approximate surface area is 158 Å². The van der Waals surface area contributed by atoms with E-state index in [0.717, 1.165) is 48.4 Å². The van der Waals surface area contributed by atoms with Crippen LogP contribution in [0.15, 0.2) is 48.5 Å². The molecule has 0 amide bonds. The smallest absolute Gasteiger partial charge is 0.164 e. The molecule has 2 aromatic carbocycles. The zero-order valence-corrected chi connectivity index (χ0v) is 15.8. The van der Waals surface area contributed by atoms with Crippen molar-refractivity contribution < 1.29 is 0 Å². The van der Waals surface area contributed by atoms with Crippen LogP contribution in [0.25, 0.3) is 11.4 Å². The van der Waals surface area contributed by atoms with Gasteiger partial charge >= 0.3 is 0 Å². The van der Waals surface area contributed by atoms with Gasteiger partial charge in [0.1, 0.15) is 5.82 Å². The lowest BCUT2D eigenvalue weighted by molar-refractivity contribution is 0.209. The summed E-state index contributed by atoms with van der Waals surface area (Å²) >= 11 is 5.99. The predicted molar refractivity (Wildman–Crippen MR) is 105 cm³/mol. The van der Waals surface area contributed by atoms with Gasteiger partial charge in [0.05, 0.1) is 6.54 Å². The van der Waals surface area contributed by atoms with Gasteiger partial charge in [0.2, 0.25) is 0 Å². The molecule has 6 heteroatoms. The van der Waals surface area contributed by atoms with Crippen molar-refractivity contribution in [2.24, 2.45) is 0 Å². The lowest BCUT2D eigenvalue weighted by Crippen LogP contribution is -2.33. The van der Waals surface area contributed by atoms with Gasteiger partial charge in [0.25, 0.3) is 0 Å². The van der Waals surface area contributed by atoms with Gasteiger partial charge in [-0.1, -0.05) is 23.7 Å². The molecule has 0 N–H and O–H groups in total. The number of rotatable bonds is 4.